The maximum Gasteiger partial charge on any atom is 0.121 e. The van der Waals surface area contributed by atoms with Gasteiger partial charge in [0.05, 0.1) is 5.52 Å². The lowest BCUT2D eigenvalue weighted by atomic mass is 10.1. The van der Waals surface area contributed by atoms with Crippen LogP contribution in [0.4, 0.5) is 10.1 Å². The number of ether oxygens (including phenoxy) is 1. The number of alkyl halides is 1. The van der Waals surface area contributed by atoms with Gasteiger partial charge in [0.2, 0.25) is 0 Å². The van der Waals surface area contributed by atoms with Gasteiger partial charge in [-0.05, 0) is 29.8 Å². The highest BCUT2D eigenvalue weighted by Gasteiger charge is 2.08. The number of anilines is 1. The van der Waals surface area contributed by atoms with Crippen LogP contribution in [0.3, 0.4) is 0 Å². The highest BCUT2D eigenvalue weighted by atomic mass is 19.1. The Morgan fingerprint density at radius 3 is 2.42 bits per heavy atom. The Morgan fingerprint density at radius 1 is 0.923 bits per heavy atom. The van der Waals surface area contributed by atoms with Crippen LogP contribution in [0.2, 0.25) is 0 Å². The number of hydrogen-bond donors (Lipinski definition) is 1. The van der Waals surface area contributed by atoms with Crippen LogP contribution in [-0.4, -0.2) is 25.3 Å². The van der Waals surface area contributed by atoms with Gasteiger partial charge in [-0.3, -0.25) is 0 Å². The first-order valence-electron chi connectivity index (χ1n) is 8.74. The Balaban J connectivity index is 1.62. The number of rotatable bonds is 6. The lowest BCUT2D eigenvalue weighted by molar-refractivity contribution is 0.306. The molecule has 4 heteroatoms. The fraction of sp³-hybridized carbons (Fsp3) is 0.182. The van der Waals surface area contributed by atoms with Gasteiger partial charge in [-0.2, -0.15) is 0 Å². The van der Waals surface area contributed by atoms with Crippen LogP contribution in [0, 0.1) is 0 Å². The van der Waals surface area contributed by atoms with Crippen LogP contribution in [0.5, 0.6) is 5.75 Å². The van der Waals surface area contributed by atoms with E-state index >= 15 is 0 Å². The minimum Gasteiger partial charge on any atom is -0.489 e. The molecule has 0 atom stereocenters. The van der Waals surface area contributed by atoms with Crippen molar-refractivity contribution < 1.29 is 9.13 Å². The third-order valence-corrected chi connectivity index (χ3v) is 4.66. The molecule has 0 fully saturated rings. The summed E-state index contributed by atoms with van der Waals surface area (Å²) in [5.41, 5.74) is 4.23. The summed E-state index contributed by atoms with van der Waals surface area (Å²) < 4.78 is 18.5. The van der Waals surface area contributed by atoms with Crippen molar-refractivity contribution in [3.63, 3.8) is 0 Å². The second kappa shape index (κ2) is 7.08. The highest BCUT2D eigenvalue weighted by molar-refractivity contribution is 6.08. The minimum atomic E-state index is -0.358. The van der Waals surface area contributed by atoms with Crippen molar-refractivity contribution in [1.82, 2.24) is 4.98 Å². The molecule has 1 N–H and O–H groups in total. The van der Waals surface area contributed by atoms with Crippen molar-refractivity contribution in [2.75, 3.05) is 25.2 Å². The van der Waals surface area contributed by atoms with Crippen molar-refractivity contribution in [3.8, 4) is 5.75 Å². The molecule has 1 aromatic heterocycles. The molecule has 0 aliphatic rings. The number of aromatic nitrogens is 1. The monoisotopic (exact) mass is 348 g/mol. The molecule has 3 aromatic carbocycles. The van der Waals surface area contributed by atoms with Gasteiger partial charge in [-0.15, -0.1) is 0 Å². The SMILES string of the molecule is CN(CCF)c1ccc2c(c1)[nH]c1cc(OCc3ccccc3)ccc12. The zero-order chi connectivity index (χ0) is 17.9. The zero-order valence-electron chi connectivity index (χ0n) is 14.7. The molecule has 0 saturated carbocycles. The molecule has 0 radical (unpaired) electrons. The molecule has 4 rings (SSSR count). The normalized spacial score (nSPS) is 11.2. The van der Waals surface area contributed by atoms with E-state index in [-0.39, 0.29) is 6.67 Å². The predicted molar refractivity (Wildman–Crippen MR) is 106 cm³/mol. The van der Waals surface area contributed by atoms with Gasteiger partial charge >= 0.3 is 0 Å². The van der Waals surface area contributed by atoms with E-state index in [1.165, 1.54) is 0 Å². The van der Waals surface area contributed by atoms with Crippen molar-refractivity contribution in [1.29, 1.82) is 0 Å². The maximum atomic E-state index is 12.6. The van der Waals surface area contributed by atoms with E-state index in [1.54, 1.807) is 0 Å². The number of nitrogens with zero attached hydrogens (tertiary/aromatic N) is 1. The maximum absolute atomic E-state index is 12.6. The molecule has 0 spiro atoms. The average Bonchev–Trinajstić information content (AvgIpc) is 3.04. The van der Waals surface area contributed by atoms with Crippen molar-refractivity contribution in [3.05, 3.63) is 72.3 Å². The Labute approximate surface area is 152 Å². The summed E-state index contributed by atoms with van der Waals surface area (Å²) >= 11 is 0. The molecular weight excluding hydrogens is 327 g/mol. The number of nitrogens with one attached hydrogen (secondary N) is 1. The minimum absolute atomic E-state index is 0.358. The van der Waals surface area contributed by atoms with Crippen LogP contribution >= 0.6 is 0 Å². The molecule has 0 amide bonds. The average molecular weight is 348 g/mol. The molecular formula is C22H21FN2O. The Bertz CT molecular complexity index is 1030. The Hall–Kier alpha value is -3.01. The predicted octanol–water partition coefficient (Wildman–Crippen LogP) is 5.31. The molecule has 4 aromatic rings. The summed E-state index contributed by atoms with van der Waals surface area (Å²) in [5, 5.41) is 2.32. The van der Waals surface area contributed by atoms with Crippen molar-refractivity contribution in [2.24, 2.45) is 0 Å². The molecule has 0 saturated heterocycles. The van der Waals surface area contributed by atoms with Gasteiger partial charge < -0.3 is 14.6 Å². The fourth-order valence-electron chi connectivity index (χ4n) is 3.20. The molecule has 3 nitrogen and oxygen atoms in total. The first kappa shape index (κ1) is 16.5. The highest BCUT2D eigenvalue weighted by Crippen LogP contribution is 2.31. The summed E-state index contributed by atoms with van der Waals surface area (Å²) in [6, 6.07) is 22.4. The van der Waals surface area contributed by atoms with Gasteiger partial charge in [0.15, 0.2) is 0 Å². The van der Waals surface area contributed by atoms with Crippen LogP contribution in [0.15, 0.2) is 66.7 Å². The van der Waals surface area contributed by atoms with E-state index in [2.05, 4.69) is 35.3 Å². The summed E-state index contributed by atoms with van der Waals surface area (Å²) in [4.78, 5) is 5.37. The number of benzene rings is 3. The quantitative estimate of drug-likeness (QED) is 0.512. The van der Waals surface area contributed by atoms with Crippen LogP contribution in [-0.2, 0) is 6.61 Å². The van der Waals surface area contributed by atoms with Crippen molar-refractivity contribution >= 4 is 27.5 Å². The number of fused-ring (bicyclic) bond motifs is 3. The molecule has 26 heavy (non-hydrogen) atoms. The number of halogens is 1. The van der Waals surface area contributed by atoms with Crippen LogP contribution < -0.4 is 9.64 Å². The third kappa shape index (κ3) is 3.23. The molecule has 1 heterocycles. The molecule has 132 valence electrons. The van der Waals surface area contributed by atoms with Gasteiger partial charge in [0.1, 0.15) is 19.0 Å². The largest absolute Gasteiger partial charge is 0.489 e. The Morgan fingerprint density at radius 2 is 1.65 bits per heavy atom. The van der Waals surface area contributed by atoms with Gasteiger partial charge in [-0.25, -0.2) is 4.39 Å². The van der Waals surface area contributed by atoms with E-state index in [4.69, 9.17) is 4.74 Å². The van der Waals surface area contributed by atoms with Gasteiger partial charge in [-0.1, -0.05) is 36.4 Å². The number of hydrogen-bond acceptors (Lipinski definition) is 2. The van der Waals surface area contributed by atoms with E-state index in [9.17, 15) is 4.39 Å². The fourth-order valence-corrected chi connectivity index (χ4v) is 3.20. The van der Waals surface area contributed by atoms with E-state index in [1.807, 2.05) is 48.3 Å². The Kier molecular flexibility index (Phi) is 4.48. The van der Waals surface area contributed by atoms with Gasteiger partial charge in [0, 0.05) is 41.6 Å². The lowest BCUT2D eigenvalue weighted by Crippen LogP contribution is -2.19. The van der Waals surface area contributed by atoms with Gasteiger partial charge in [0.25, 0.3) is 0 Å². The summed E-state index contributed by atoms with van der Waals surface area (Å²) in [6.45, 7) is 0.581. The summed E-state index contributed by atoms with van der Waals surface area (Å²) in [5.74, 6) is 0.836. The second-order valence-corrected chi connectivity index (χ2v) is 6.45. The van der Waals surface area contributed by atoms with Crippen LogP contribution in [0.1, 0.15) is 5.56 Å². The first-order chi connectivity index (χ1) is 12.7. The lowest BCUT2D eigenvalue weighted by Gasteiger charge is -2.17. The standard InChI is InChI=1S/C22H21FN2O/c1-25(12-11-23)17-7-9-19-20-10-8-18(14-22(20)24-21(19)13-17)26-15-16-5-3-2-4-6-16/h2-10,13-14,24H,11-12,15H2,1H3. The van der Waals surface area contributed by atoms with E-state index in [0.717, 1.165) is 38.8 Å². The van der Waals surface area contributed by atoms with E-state index in [0.29, 0.717) is 13.2 Å². The van der Waals surface area contributed by atoms with E-state index < -0.39 is 0 Å². The summed E-state index contributed by atoms with van der Waals surface area (Å²) in [7, 11) is 1.90. The van der Waals surface area contributed by atoms with Crippen molar-refractivity contribution in [2.45, 2.75) is 6.61 Å². The third-order valence-electron chi connectivity index (χ3n) is 4.66. The smallest absolute Gasteiger partial charge is 0.121 e. The summed E-state index contributed by atoms with van der Waals surface area (Å²) in [6.07, 6.45) is 0. The van der Waals surface area contributed by atoms with Crippen LogP contribution in [0.25, 0.3) is 21.8 Å². The molecule has 0 unspecified atom stereocenters. The number of aromatic amines is 1. The molecule has 0 aliphatic heterocycles. The topological polar surface area (TPSA) is 28.3 Å². The first-order valence-corrected chi connectivity index (χ1v) is 8.74. The zero-order valence-corrected chi connectivity index (χ0v) is 14.7. The molecule has 0 bridgehead atoms. The molecule has 0 aliphatic carbocycles. The second-order valence-electron chi connectivity index (χ2n) is 6.45. The number of H-pyrrole nitrogens is 1.